The highest BCUT2D eigenvalue weighted by Gasteiger charge is 2.28. The van der Waals surface area contributed by atoms with Gasteiger partial charge in [0.15, 0.2) is 0 Å². The van der Waals surface area contributed by atoms with E-state index >= 15 is 0 Å². The van der Waals surface area contributed by atoms with Gasteiger partial charge in [0.2, 0.25) is 10.0 Å². The molecule has 11 heteroatoms. The fraction of sp³-hybridized carbons (Fsp3) is 0.160. The van der Waals surface area contributed by atoms with Crippen molar-refractivity contribution in [1.29, 1.82) is 0 Å². The Hall–Kier alpha value is -3.73. The van der Waals surface area contributed by atoms with E-state index in [1.54, 1.807) is 47.4 Å². The molecule has 0 spiro atoms. The van der Waals surface area contributed by atoms with Crippen molar-refractivity contribution in [3.05, 3.63) is 88.0 Å². The summed E-state index contributed by atoms with van der Waals surface area (Å²) in [6, 6.07) is 14.7. The number of phenols is 1. The van der Waals surface area contributed by atoms with E-state index in [9.17, 15) is 23.1 Å². The van der Waals surface area contributed by atoms with E-state index in [4.69, 9.17) is 17.3 Å². The standard InChI is InChI=1S/C25H23ClN4O5S/c26-21-6-5-18(23(31)16-21)8-14-36(34,35)30-12-10-29(11-13-30)25(33)19-3-1-17(2-4-19)20-7-9-28-22(15-20)24(27)32/h1-9,14-16,31H,10-13H2,(H2,27,32)/b14-8+. The minimum Gasteiger partial charge on any atom is -0.507 e. The third kappa shape index (κ3) is 5.73. The van der Waals surface area contributed by atoms with Crippen molar-refractivity contribution in [2.75, 3.05) is 26.2 Å². The van der Waals surface area contributed by atoms with Crippen LogP contribution in [-0.4, -0.2) is 65.7 Å². The molecular weight excluding hydrogens is 504 g/mol. The zero-order chi connectivity index (χ0) is 25.9. The Morgan fingerprint density at radius 1 is 0.972 bits per heavy atom. The predicted molar refractivity (Wildman–Crippen MR) is 137 cm³/mol. The number of nitrogens with two attached hydrogens (primary N) is 1. The summed E-state index contributed by atoms with van der Waals surface area (Å²) in [5.74, 6) is -0.941. The van der Waals surface area contributed by atoms with E-state index in [-0.39, 0.29) is 43.5 Å². The van der Waals surface area contributed by atoms with Crippen LogP contribution in [0.5, 0.6) is 5.75 Å². The summed E-state index contributed by atoms with van der Waals surface area (Å²) in [5, 5.41) is 11.3. The number of piperazine rings is 1. The zero-order valence-corrected chi connectivity index (χ0v) is 20.6. The van der Waals surface area contributed by atoms with E-state index in [0.717, 1.165) is 16.5 Å². The SMILES string of the molecule is NC(=O)c1cc(-c2ccc(C(=O)N3CCN(S(=O)(=O)/C=C/c4ccc(Cl)cc4O)CC3)cc2)ccn1. The van der Waals surface area contributed by atoms with Gasteiger partial charge in [-0.2, -0.15) is 4.31 Å². The number of benzene rings is 2. The molecule has 2 amide bonds. The van der Waals surface area contributed by atoms with Crippen molar-refractivity contribution in [3.8, 4) is 16.9 Å². The molecule has 0 saturated carbocycles. The van der Waals surface area contributed by atoms with Crippen LogP contribution in [0.15, 0.2) is 66.2 Å². The number of amides is 2. The summed E-state index contributed by atoms with van der Waals surface area (Å²) in [5.41, 5.74) is 7.79. The van der Waals surface area contributed by atoms with Crippen molar-refractivity contribution in [1.82, 2.24) is 14.2 Å². The summed E-state index contributed by atoms with van der Waals surface area (Å²) in [6.07, 6.45) is 2.81. The Morgan fingerprint density at radius 2 is 1.67 bits per heavy atom. The van der Waals surface area contributed by atoms with Gasteiger partial charge in [-0.1, -0.05) is 23.7 Å². The number of hydrogen-bond donors (Lipinski definition) is 2. The largest absolute Gasteiger partial charge is 0.507 e. The Bertz CT molecular complexity index is 1430. The van der Waals surface area contributed by atoms with Gasteiger partial charge in [-0.3, -0.25) is 14.6 Å². The maximum atomic E-state index is 13.0. The van der Waals surface area contributed by atoms with Gasteiger partial charge in [-0.25, -0.2) is 8.42 Å². The minimum atomic E-state index is -3.74. The van der Waals surface area contributed by atoms with Gasteiger partial charge in [0.05, 0.1) is 0 Å². The van der Waals surface area contributed by atoms with Gasteiger partial charge in [0.1, 0.15) is 11.4 Å². The third-order valence-corrected chi connectivity index (χ3v) is 7.58. The van der Waals surface area contributed by atoms with Crippen molar-refractivity contribution >= 4 is 39.5 Å². The van der Waals surface area contributed by atoms with Gasteiger partial charge < -0.3 is 15.7 Å². The number of carbonyl (C=O) groups excluding carboxylic acids is 2. The molecule has 0 atom stereocenters. The average molecular weight is 527 g/mol. The quantitative estimate of drug-likeness (QED) is 0.507. The maximum Gasteiger partial charge on any atom is 0.267 e. The lowest BCUT2D eigenvalue weighted by atomic mass is 10.0. The van der Waals surface area contributed by atoms with Crippen molar-refractivity contribution in [3.63, 3.8) is 0 Å². The normalized spacial score (nSPS) is 14.8. The average Bonchev–Trinajstić information content (AvgIpc) is 2.88. The molecule has 1 aliphatic heterocycles. The molecule has 3 aromatic rings. The van der Waals surface area contributed by atoms with Crippen molar-refractivity contribution in [2.45, 2.75) is 0 Å². The number of nitrogens with zero attached hydrogens (tertiary/aromatic N) is 3. The second-order valence-electron chi connectivity index (χ2n) is 8.11. The summed E-state index contributed by atoms with van der Waals surface area (Å²) >= 11 is 5.80. The number of halogens is 1. The molecule has 2 heterocycles. The second-order valence-corrected chi connectivity index (χ2v) is 10.4. The molecule has 3 N–H and O–H groups in total. The van der Waals surface area contributed by atoms with Crippen LogP contribution in [0, 0.1) is 0 Å². The molecule has 9 nitrogen and oxygen atoms in total. The number of carbonyl (C=O) groups is 2. The number of phenolic OH excluding ortho intramolecular Hbond substituents is 1. The molecule has 0 radical (unpaired) electrons. The molecular formula is C25H23ClN4O5S. The van der Waals surface area contributed by atoms with Crippen molar-refractivity contribution in [2.24, 2.45) is 5.73 Å². The third-order valence-electron chi connectivity index (χ3n) is 5.78. The Balaban J connectivity index is 1.38. The van der Waals surface area contributed by atoms with Gasteiger partial charge in [-0.15, -0.1) is 0 Å². The van der Waals surface area contributed by atoms with Gasteiger partial charge in [0.25, 0.3) is 11.8 Å². The van der Waals surface area contributed by atoms with Crippen LogP contribution in [-0.2, 0) is 10.0 Å². The van der Waals surface area contributed by atoms with Crippen LogP contribution in [0.4, 0.5) is 0 Å². The topological polar surface area (TPSA) is 134 Å². The van der Waals surface area contributed by atoms with E-state index < -0.39 is 15.9 Å². The zero-order valence-electron chi connectivity index (χ0n) is 19.0. The Labute approximate surface area is 213 Å². The molecule has 1 aromatic heterocycles. The van der Waals surface area contributed by atoms with E-state index in [0.29, 0.717) is 16.1 Å². The summed E-state index contributed by atoms with van der Waals surface area (Å²) in [7, 11) is -3.74. The number of aromatic hydroxyl groups is 1. The maximum absolute atomic E-state index is 13.0. The van der Waals surface area contributed by atoms with Gasteiger partial charge in [0, 0.05) is 53.9 Å². The fourth-order valence-electron chi connectivity index (χ4n) is 3.78. The lowest BCUT2D eigenvalue weighted by molar-refractivity contribution is 0.0698. The predicted octanol–water partition coefficient (Wildman–Crippen LogP) is 2.97. The Morgan fingerprint density at radius 3 is 2.31 bits per heavy atom. The molecule has 36 heavy (non-hydrogen) atoms. The van der Waals surface area contributed by atoms with Crippen LogP contribution in [0.3, 0.4) is 0 Å². The van der Waals surface area contributed by atoms with Crippen molar-refractivity contribution < 1.29 is 23.1 Å². The van der Waals surface area contributed by atoms with Crippen LogP contribution < -0.4 is 5.73 Å². The second kappa shape index (κ2) is 10.5. The summed E-state index contributed by atoms with van der Waals surface area (Å²) in [6.45, 7) is 0.782. The molecule has 1 aliphatic rings. The highest BCUT2D eigenvalue weighted by Crippen LogP contribution is 2.24. The number of primary amides is 1. The fourth-order valence-corrected chi connectivity index (χ4v) is 5.11. The van der Waals surface area contributed by atoms with Crippen LogP contribution >= 0.6 is 11.6 Å². The number of pyridine rings is 1. The molecule has 1 fully saturated rings. The number of sulfonamides is 1. The lowest BCUT2D eigenvalue weighted by Crippen LogP contribution is -2.50. The minimum absolute atomic E-state index is 0.118. The van der Waals surface area contributed by atoms with Crippen LogP contribution in [0.2, 0.25) is 5.02 Å². The van der Waals surface area contributed by atoms with Crippen LogP contribution in [0.1, 0.15) is 26.4 Å². The first-order valence-corrected chi connectivity index (χ1v) is 12.8. The highest BCUT2D eigenvalue weighted by atomic mass is 35.5. The monoisotopic (exact) mass is 526 g/mol. The molecule has 186 valence electrons. The van der Waals surface area contributed by atoms with E-state index in [1.165, 1.54) is 28.7 Å². The molecule has 0 aliphatic carbocycles. The number of rotatable bonds is 6. The molecule has 1 saturated heterocycles. The summed E-state index contributed by atoms with van der Waals surface area (Å²) in [4.78, 5) is 29.9. The summed E-state index contributed by atoms with van der Waals surface area (Å²) < 4.78 is 26.7. The molecule has 4 rings (SSSR count). The smallest absolute Gasteiger partial charge is 0.267 e. The Kier molecular flexibility index (Phi) is 7.39. The van der Waals surface area contributed by atoms with Gasteiger partial charge >= 0.3 is 0 Å². The number of aromatic nitrogens is 1. The lowest BCUT2D eigenvalue weighted by Gasteiger charge is -2.33. The molecule has 0 unspecified atom stereocenters. The first-order chi connectivity index (χ1) is 17.1. The van der Waals surface area contributed by atoms with Gasteiger partial charge in [-0.05, 0) is 59.7 Å². The number of hydrogen-bond acceptors (Lipinski definition) is 6. The first-order valence-electron chi connectivity index (χ1n) is 11.0. The highest BCUT2D eigenvalue weighted by molar-refractivity contribution is 7.92. The molecule has 2 aromatic carbocycles. The van der Waals surface area contributed by atoms with E-state index in [1.807, 2.05) is 0 Å². The first kappa shape index (κ1) is 25.4. The molecule has 0 bridgehead atoms. The van der Waals surface area contributed by atoms with E-state index in [2.05, 4.69) is 4.98 Å². The van der Waals surface area contributed by atoms with Crippen LogP contribution in [0.25, 0.3) is 17.2 Å².